The van der Waals surface area contributed by atoms with Gasteiger partial charge in [-0.3, -0.25) is 4.79 Å². The second-order valence-electron chi connectivity index (χ2n) is 7.80. The quantitative estimate of drug-likeness (QED) is 0.318. The molecule has 182 valence electrons. The van der Waals surface area contributed by atoms with Crippen molar-refractivity contribution in [3.63, 3.8) is 0 Å². The molecule has 0 unspecified atom stereocenters. The number of aromatic nitrogens is 3. The predicted molar refractivity (Wildman–Crippen MR) is 138 cm³/mol. The molecule has 0 fully saturated rings. The van der Waals surface area contributed by atoms with Crippen LogP contribution in [0.1, 0.15) is 11.1 Å². The Morgan fingerprint density at radius 2 is 1.58 bits per heavy atom. The number of fused-ring (bicyclic) bond motifs is 1. The Morgan fingerprint density at radius 3 is 2.31 bits per heavy atom. The Balaban J connectivity index is 1.42. The zero-order chi connectivity index (χ0) is 25.1. The zero-order valence-electron chi connectivity index (χ0n) is 19.9. The van der Waals surface area contributed by atoms with Crippen LogP contribution in [0.15, 0.2) is 71.5 Å². The summed E-state index contributed by atoms with van der Waals surface area (Å²) in [7, 11) is 4.73. The lowest BCUT2D eigenvalue weighted by atomic mass is 10.2. The summed E-state index contributed by atoms with van der Waals surface area (Å²) in [6.07, 6.45) is 1.79. The van der Waals surface area contributed by atoms with Gasteiger partial charge in [0.25, 0.3) is 5.56 Å². The Kier molecular flexibility index (Phi) is 6.55. The number of rotatable bonds is 8. The summed E-state index contributed by atoms with van der Waals surface area (Å²) in [5.74, 6) is 2.82. The van der Waals surface area contributed by atoms with Gasteiger partial charge in [-0.05, 0) is 47.5 Å². The molecule has 3 aromatic carbocycles. The lowest BCUT2D eigenvalue weighted by molar-refractivity contribution is 0.284. The van der Waals surface area contributed by atoms with Crippen LogP contribution in [0.3, 0.4) is 0 Å². The van der Waals surface area contributed by atoms with E-state index in [1.165, 1.54) is 15.9 Å². The van der Waals surface area contributed by atoms with Crippen molar-refractivity contribution in [2.45, 2.75) is 6.61 Å². The van der Waals surface area contributed by atoms with E-state index in [0.717, 1.165) is 16.7 Å². The molecule has 36 heavy (non-hydrogen) atoms. The molecule has 9 heteroatoms. The summed E-state index contributed by atoms with van der Waals surface area (Å²) in [4.78, 5) is 18.1. The van der Waals surface area contributed by atoms with Crippen molar-refractivity contribution in [1.29, 1.82) is 0 Å². The molecular weight excluding hydrogens is 478 g/mol. The van der Waals surface area contributed by atoms with Crippen molar-refractivity contribution >= 4 is 22.4 Å². The fourth-order valence-corrected chi connectivity index (χ4v) is 4.62. The summed E-state index contributed by atoms with van der Waals surface area (Å²) in [6.45, 7) is 0.432. The molecule has 0 N–H and O–H groups in total. The molecule has 0 bridgehead atoms. The van der Waals surface area contributed by atoms with E-state index in [9.17, 15) is 4.79 Å². The smallest absolute Gasteiger partial charge is 0.291 e. The molecule has 5 aromatic rings. The average Bonchev–Trinajstić information content (AvgIpc) is 3.46. The third-order valence-corrected chi connectivity index (χ3v) is 6.51. The summed E-state index contributed by atoms with van der Waals surface area (Å²) in [5, 5.41) is 4.42. The molecule has 5 rings (SSSR count). The maximum atomic E-state index is 13.0. The number of benzene rings is 3. The first kappa shape index (κ1) is 23.4. The number of nitrogens with zero attached hydrogens (tertiary/aromatic N) is 3. The molecule has 0 radical (unpaired) electrons. The first-order valence-electron chi connectivity index (χ1n) is 11.1. The van der Waals surface area contributed by atoms with Gasteiger partial charge in [0.1, 0.15) is 6.61 Å². The van der Waals surface area contributed by atoms with Crippen molar-refractivity contribution in [3.8, 4) is 34.4 Å². The Labute approximate surface area is 211 Å². The number of hydrogen-bond acceptors (Lipinski definition) is 8. The third kappa shape index (κ3) is 4.60. The highest BCUT2D eigenvalue weighted by molar-refractivity contribution is 7.15. The van der Waals surface area contributed by atoms with Gasteiger partial charge in [0.05, 0.1) is 25.9 Å². The van der Waals surface area contributed by atoms with Crippen LogP contribution in [0.5, 0.6) is 23.0 Å². The molecule has 8 nitrogen and oxygen atoms in total. The molecule has 0 saturated carbocycles. The van der Waals surface area contributed by atoms with E-state index in [1.807, 2.05) is 54.6 Å². The number of thiazole rings is 1. The van der Waals surface area contributed by atoms with Crippen LogP contribution in [-0.4, -0.2) is 35.9 Å². The maximum Gasteiger partial charge on any atom is 0.291 e. The SMILES string of the molecule is COc1ccc(-c2nc3s/c(=C\c4ccc(OCc5ccccc5)c(OC)c4)c(=O)n3n2)cc1OC. The number of ether oxygens (including phenoxy) is 4. The molecule has 2 heterocycles. The van der Waals surface area contributed by atoms with Crippen LogP contribution < -0.4 is 29.0 Å². The second kappa shape index (κ2) is 10.1. The molecule has 0 aliphatic heterocycles. The summed E-state index contributed by atoms with van der Waals surface area (Å²) < 4.78 is 23.9. The maximum absolute atomic E-state index is 13.0. The van der Waals surface area contributed by atoms with Crippen molar-refractivity contribution in [3.05, 3.63) is 92.7 Å². The number of methoxy groups -OCH3 is 3. The largest absolute Gasteiger partial charge is 0.493 e. The highest BCUT2D eigenvalue weighted by atomic mass is 32.1. The van der Waals surface area contributed by atoms with E-state index in [-0.39, 0.29) is 5.56 Å². The Bertz CT molecular complexity index is 1630. The van der Waals surface area contributed by atoms with Crippen LogP contribution in [0, 0.1) is 0 Å². The molecule has 0 saturated heterocycles. The minimum absolute atomic E-state index is 0.238. The standard InChI is InChI=1S/C27H23N3O5S/c1-32-20-12-10-19(15-23(20)34-3)25-28-27-30(29-25)26(31)24(36-27)14-18-9-11-21(22(13-18)33-2)35-16-17-7-5-4-6-8-17/h4-15H,16H2,1-3H3/b24-14-. The molecule has 0 aliphatic carbocycles. The average molecular weight is 502 g/mol. The minimum Gasteiger partial charge on any atom is -0.493 e. The van der Waals surface area contributed by atoms with Gasteiger partial charge in [-0.1, -0.05) is 47.7 Å². The van der Waals surface area contributed by atoms with E-state index in [4.69, 9.17) is 18.9 Å². The molecule has 2 aromatic heterocycles. The predicted octanol–water partition coefficient (Wildman–Crippen LogP) is 3.97. The number of hydrogen-bond donors (Lipinski definition) is 0. The molecule has 0 spiro atoms. The van der Waals surface area contributed by atoms with Gasteiger partial charge in [-0.15, -0.1) is 5.10 Å². The Morgan fingerprint density at radius 1 is 0.861 bits per heavy atom. The van der Waals surface area contributed by atoms with Gasteiger partial charge in [-0.25, -0.2) is 0 Å². The lowest BCUT2D eigenvalue weighted by Crippen LogP contribution is -2.23. The van der Waals surface area contributed by atoms with Gasteiger partial charge in [-0.2, -0.15) is 9.50 Å². The van der Waals surface area contributed by atoms with E-state index < -0.39 is 0 Å². The van der Waals surface area contributed by atoms with E-state index in [0.29, 0.717) is 44.9 Å². The molecular formula is C27H23N3O5S. The van der Waals surface area contributed by atoms with Crippen LogP contribution in [0.2, 0.25) is 0 Å². The van der Waals surface area contributed by atoms with E-state index in [2.05, 4.69) is 10.1 Å². The zero-order valence-corrected chi connectivity index (χ0v) is 20.7. The van der Waals surface area contributed by atoms with Crippen molar-refractivity contribution < 1.29 is 18.9 Å². The van der Waals surface area contributed by atoms with Gasteiger partial charge in [0, 0.05) is 5.56 Å². The fourth-order valence-electron chi connectivity index (χ4n) is 3.71. The fraction of sp³-hybridized carbons (Fsp3) is 0.148. The van der Waals surface area contributed by atoms with Gasteiger partial charge in [0.2, 0.25) is 4.96 Å². The monoisotopic (exact) mass is 501 g/mol. The Hall–Kier alpha value is -4.37. The van der Waals surface area contributed by atoms with Crippen LogP contribution in [0.4, 0.5) is 0 Å². The molecule has 0 amide bonds. The van der Waals surface area contributed by atoms with Crippen LogP contribution in [-0.2, 0) is 6.61 Å². The first-order valence-corrected chi connectivity index (χ1v) is 11.9. The molecule has 0 aliphatic rings. The highest BCUT2D eigenvalue weighted by Gasteiger charge is 2.14. The summed E-state index contributed by atoms with van der Waals surface area (Å²) in [5.41, 5.74) is 2.36. The van der Waals surface area contributed by atoms with Crippen molar-refractivity contribution in [2.24, 2.45) is 0 Å². The topological polar surface area (TPSA) is 84.2 Å². The highest BCUT2D eigenvalue weighted by Crippen LogP contribution is 2.31. The van der Waals surface area contributed by atoms with Gasteiger partial charge < -0.3 is 18.9 Å². The van der Waals surface area contributed by atoms with Gasteiger partial charge >= 0.3 is 0 Å². The van der Waals surface area contributed by atoms with Crippen molar-refractivity contribution in [2.75, 3.05) is 21.3 Å². The summed E-state index contributed by atoms with van der Waals surface area (Å²) >= 11 is 1.27. The second-order valence-corrected chi connectivity index (χ2v) is 8.81. The van der Waals surface area contributed by atoms with Crippen LogP contribution >= 0.6 is 11.3 Å². The lowest BCUT2D eigenvalue weighted by Gasteiger charge is -2.11. The minimum atomic E-state index is -0.238. The van der Waals surface area contributed by atoms with E-state index >= 15 is 0 Å². The van der Waals surface area contributed by atoms with E-state index in [1.54, 1.807) is 39.5 Å². The summed E-state index contributed by atoms with van der Waals surface area (Å²) in [6, 6.07) is 20.9. The normalized spacial score (nSPS) is 11.6. The first-order chi connectivity index (χ1) is 17.6. The van der Waals surface area contributed by atoms with Crippen LogP contribution in [0.25, 0.3) is 22.4 Å². The third-order valence-electron chi connectivity index (χ3n) is 5.55. The van der Waals surface area contributed by atoms with Gasteiger partial charge in [0.15, 0.2) is 28.8 Å². The molecule has 0 atom stereocenters. The van der Waals surface area contributed by atoms with Crippen molar-refractivity contribution in [1.82, 2.24) is 14.6 Å².